The zero-order valence-corrected chi connectivity index (χ0v) is 12.0. The van der Waals surface area contributed by atoms with Gasteiger partial charge >= 0.3 is 0 Å². The first-order valence-corrected chi connectivity index (χ1v) is 6.48. The summed E-state index contributed by atoms with van der Waals surface area (Å²) in [6.45, 7) is -0.207. The number of methoxy groups -OCH3 is 1. The van der Waals surface area contributed by atoms with Gasteiger partial charge in [-0.2, -0.15) is 0 Å². The molecule has 2 aromatic rings. The third kappa shape index (κ3) is 4.36. The number of amides is 1. The Hall–Kier alpha value is -2.27. The number of anilines is 1. The van der Waals surface area contributed by atoms with Crippen LogP contribution in [-0.4, -0.2) is 19.6 Å². The van der Waals surface area contributed by atoms with Crippen LogP contribution in [0.2, 0.25) is 5.02 Å². The van der Waals surface area contributed by atoms with Gasteiger partial charge in [0.25, 0.3) is 5.91 Å². The summed E-state index contributed by atoms with van der Waals surface area (Å²) >= 11 is 5.75. The van der Waals surface area contributed by atoms with Crippen LogP contribution in [0.5, 0.6) is 11.5 Å². The maximum atomic E-state index is 13.2. The van der Waals surface area contributed by atoms with Gasteiger partial charge in [0.05, 0.1) is 12.8 Å². The van der Waals surface area contributed by atoms with Crippen LogP contribution in [0.25, 0.3) is 0 Å². The zero-order valence-electron chi connectivity index (χ0n) is 11.2. The average molecular weight is 310 g/mol. The van der Waals surface area contributed by atoms with E-state index in [4.69, 9.17) is 21.1 Å². The van der Waals surface area contributed by atoms with E-state index in [1.54, 1.807) is 24.3 Å². The van der Waals surface area contributed by atoms with Crippen LogP contribution in [0.15, 0.2) is 42.5 Å². The molecule has 0 unspecified atom stereocenters. The summed E-state index contributed by atoms with van der Waals surface area (Å²) < 4.78 is 23.5. The molecule has 0 aliphatic rings. The average Bonchev–Trinajstić information content (AvgIpc) is 2.47. The van der Waals surface area contributed by atoms with Crippen LogP contribution in [0.3, 0.4) is 0 Å². The highest BCUT2D eigenvalue weighted by Crippen LogP contribution is 2.24. The fraction of sp³-hybridized carbons (Fsp3) is 0.133. The van der Waals surface area contributed by atoms with Crippen molar-refractivity contribution in [1.29, 1.82) is 0 Å². The standard InChI is InChI=1S/C15H13ClFNO3/c1-20-14-7-4-11(17)8-13(14)18-15(19)9-21-12-5-2-10(16)3-6-12/h2-8H,9H2,1H3,(H,18,19). The number of hydrogen-bond donors (Lipinski definition) is 1. The number of ether oxygens (including phenoxy) is 2. The van der Waals surface area contributed by atoms with E-state index in [0.717, 1.165) is 0 Å². The molecule has 21 heavy (non-hydrogen) atoms. The van der Waals surface area contributed by atoms with Gasteiger partial charge < -0.3 is 14.8 Å². The molecule has 2 aromatic carbocycles. The quantitative estimate of drug-likeness (QED) is 0.919. The molecule has 2 rings (SSSR count). The molecule has 0 bridgehead atoms. The molecule has 0 saturated heterocycles. The van der Waals surface area contributed by atoms with Gasteiger partial charge in [0.15, 0.2) is 6.61 Å². The summed E-state index contributed by atoms with van der Waals surface area (Å²) in [5, 5.41) is 3.11. The predicted molar refractivity (Wildman–Crippen MR) is 78.5 cm³/mol. The highest BCUT2D eigenvalue weighted by Gasteiger charge is 2.09. The minimum Gasteiger partial charge on any atom is -0.495 e. The molecule has 1 N–H and O–H groups in total. The second-order valence-corrected chi connectivity index (χ2v) is 4.57. The van der Waals surface area contributed by atoms with Crippen LogP contribution >= 0.6 is 11.6 Å². The van der Waals surface area contributed by atoms with Gasteiger partial charge in [0.1, 0.15) is 17.3 Å². The Morgan fingerprint density at radius 3 is 2.62 bits per heavy atom. The predicted octanol–water partition coefficient (Wildman–Crippen LogP) is 3.51. The monoisotopic (exact) mass is 309 g/mol. The van der Waals surface area contributed by atoms with Crippen molar-refractivity contribution >= 4 is 23.2 Å². The molecule has 110 valence electrons. The first-order chi connectivity index (χ1) is 10.1. The van der Waals surface area contributed by atoms with Crippen molar-refractivity contribution in [2.45, 2.75) is 0 Å². The molecule has 0 spiro atoms. The van der Waals surface area contributed by atoms with Crippen LogP contribution < -0.4 is 14.8 Å². The number of benzene rings is 2. The zero-order chi connectivity index (χ0) is 15.2. The van der Waals surface area contributed by atoms with Crippen molar-refractivity contribution < 1.29 is 18.7 Å². The summed E-state index contributed by atoms with van der Waals surface area (Å²) in [6, 6.07) is 10.5. The summed E-state index contributed by atoms with van der Waals surface area (Å²) in [4.78, 5) is 11.8. The SMILES string of the molecule is COc1ccc(F)cc1NC(=O)COc1ccc(Cl)cc1. The lowest BCUT2D eigenvalue weighted by atomic mass is 10.3. The van der Waals surface area contributed by atoms with E-state index in [2.05, 4.69) is 5.32 Å². The summed E-state index contributed by atoms with van der Waals surface area (Å²) in [6.07, 6.45) is 0. The van der Waals surface area contributed by atoms with Gasteiger partial charge in [0.2, 0.25) is 0 Å². The van der Waals surface area contributed by atoms with E-state index in [1.807, 2.05) is 0 Å². The largest absolute Gasteiger partial charge is 0.495 e. The third-order valence-corrected chi connectivity index (χ3v) is 2.87. The molecule has 0 saturated carbocycles. The molecule has 4 nitrogen and oxygen atoms in total. The molecular formula is C15H13ClFNO3. The van der Waals surface area contributed by atoms with Crippen molar-refractivity contribution in [2.24, 2.45) is 0 Å². The number of hydrogen-bond acceptors (Lipinski definition) is 3. The van der Waals surface area contributed by atoms with Gasteiger partial charge in [-0.05, 0) is 36.4 Å². The third-order valence-electron chi connectivity index (χ3n) is 2.62. The fourth-order valence-electron chi connectivity index (χ4n) is 1.64. The second-order valence-electron chi connectivity index (χ2n) is 4.14. The van der Waals surface area contributed by atoms with Gasteiger partial charge in [-0.1, -0.05) is 11.6 Å². The Labute approximate surface area is 126 Å². The van der Waals surface area contributed by atoms with Gasteiger partial charge in [-0.25, -0.2) is 4.39 Å². The minimum atomic E-state index is -0.468. The summed E-state index contributed by atoms with van der Waals surface area (Å²) in [5.41, 5.74) is 0.252. The van der Waals surface area contributed by atoms with Crippen LogP contribution in [0.4, 0.5) is 10.1 Å². The number of carbonyl (C=O) groups excluding carboxylic acids is 1. The lowest BCUT2D eigenvalue weighted by molar-refractivity contribution is -0.118. The van der Waals surface area contributed by atoms with Gasteiger partial charge in [-0.15, -0.1) is 0 Å². The van der Waals surface area contributed by atoms with Crippen molar-refractivity contribution in [1.82, 2.24) is 0 Å². The van der Waals surface area contributed by atoms with E-state index in [-0.39, 0.29) is 12.3 Å². The molecule has 0 radical (unpaired) electrons. The lowest BCUT2D eigenvalue weighted by Crippen LogP contribution is -2.20. The maximum Gasteiger partial charge on any atom is 0.262 e. The molecule has 6 heteroatoms. The number of halogens is 2. The Kier molecular flexibility index (Phi) is 5.00. The van der Waals surface area contributed by atoms with Crippen LogP contribution in [0, 0.1) is 5.82 Å². The Morgan fingerprint density at radius 2 is 1.95 bits per heavy atom. The topological polar surface area (TPSA) is 47.6 Å². The highest BCUT2D eigenvalue weighted by atomic mass is 35.5. The maximum absolute atomic E-state index is 13.2. The summed E-state index contributed by atoms with van der Waals surface area (Å²) in [5.74, 6) is -0.00410. The molecule has 0 aliphatic heterocycles. The van der Waals surface area contributed by atoms with Crippen molar-refractivity contribution in [3.8, 4) is 11.5 Å². The van der Waals surface area contributed by atoms with E-state index in [9.17, 15) is 9.18 Å². The number of rotatable bonds is 5. The van der Waals surface area contributed by atoms with E-state index < -0.39 is 11.7 Å². The Bertz CT molecular complexity index is 631. The van der Waals surface area contributed by atoms with Crippen molar-refractivity contribution in [2.75, 3.05) is 19.0 Å². The van der Waals surface area contributed by atoms with Crippen molar-refractivity contribution in [3.05, 3.63) is 53.3 Å². The van der Waals surface area contributed by atoms with E-state index in [1.165, 1.54) is 25.3 Å². The normalized spacial score (nSPS) is 10.0. The molecule has 1 amide bonds. The lowest BCUT2D eigenvalue weighted by Gasteiger charge is -2.11. The molecule has 0 fully saturated rings. The first kappa shape index (κ1) is 15.1. The minimum absolute atomic E-state index is 0.207. The van der Waals surface area contributed by atoms with E-state index >= 15 is 0 Å². The highest BCUT2D eigenvalue weighted by molar-refractivity contribution is 6.30. The molecular weight excluding hydrogens is 297 g/mol. The molecule has 0 aliphatic carbocycles. The van der Waals surface area contributed by atoms with Gasteiger partial charge in [0, 0.05) is 11.1 Å². The Balaban J connectivity index is 1.95. The summed E-state index contributed by atoms with van der Waals surface area (Å²) in [7, 11) is 1.44. The van der Waals surface area contributed by atoms with Crippen LogP contribution in [-0.2, 0) is 4.79 Å². The molecule has 0 aromatic heterocycles. The number of nitrogens with one attached hydrogen (secondary N) is 1. The van der Waals surface area contributed by atoms with Crippen LogP contribution in [0.1, 0.15) is 0 Å². The molecule has 0 heterocycles. The van der Waals surface area contributed by atoms with E-state index in [0.29, 0.717) is 16.5 Å². The van der Waals surface area contributed by atoms with Gasteiger partial charge in [-0.3, -0.25) is 4.79 Å². The second kappa shape index (κ2) is 6.95. The Morgan fingerprint density at radius 1 is 1.24 bits per heavy atom. The smallest absolute Gasteiger partial charge is 0.262 e. The first-order valence-electron chi connectivity index (χ1n) is 6.10. The van der Waals surface area contributed by atoms with Crippen molar-refractivity contribution in [3.63, 3.8) is 0 Å². The fourth-order valence-corrected chi connectivity index (χ4v) is 1.77. The number of carbonyl (C=O) groups is 1. The molecule has 0 atom stereocenters.